The van der Waals surface area contributed by atoms with Crippen molar-refractivity contribution in [3.05, 3.63) is 87.3 Å². The second-order valence-electron chi connectivity index (χ2n) is 6.67. The average Bonchev–Trinajstić information content (AvgIpc) is 3.39. The molecule has 0 aliphatic heterocycles. The highest BCUT2D eigenvalue weighted by molar-refractivity contribution is 7.99. The van der Waals surface area contributed by atoms with Crippen LogP contribution in [0.2, 0.25) is 5.02 Å². The van der Waals surface area contributed by atoms with Crippen molar-refractivity contribution in [2.45, 2.75) is 18.5 Å². The number of rotatable bonds is 7. The van der Waals surface area contributed by atoms with E-state index in [-0.39, 0.29) is 11.7 Å². The smallest absolute Gasteiger partial charge is 0.234 e. The number of thioether (sulfide) groups is 1. The van der Waals surface area contributed by atoms with Crippen LogP contribution in [0.3, 0.4) is 0 Å². The molecule has 1 N–H and O–H groups in total. The Morgan fingerprint density at radius 1 is 1.10 bits per heavy atom. The summed E-state index contributed by atoms with van der Waals surface area (Å²) in [5, 5.41) is 15.0. The molecule has 30 heavy (non-hydrogen) atoms. The van der Waals surface area contributed by atoms with Crippen LogP contribution in [0.5, 0.6) is 0 Å². The molecule has 0 bridgehead atoms. The third-order valence-electron chi connectivity index (χ3n) is 4.37. The molecule has 8 heteroatoms. The normalized spacial score (nSPS) is 10.9. The second kappa shape index (κ2) is 9.47. The van der Waals surface area contributed by atoms with Gasteiger partial charge in [0.1, 0.15) is 5.82 Å². The minimum absolute atomic E-state index is 0.0886. The SMILES string of the molecule is Cc1ccc(NC(=O)CSc2nnc(Cc3cccs3)n2-c2ccc(Cl)cc2)cc1. The van der Waals surface area contributed by atoms with Gasteiger partial charge in [0.2, 0.25) is 5.91 Å². The van der Waals surface area contributed by atoms with E-state index >= 15 is 0 Å². The molecule has 0 aliphatic rings. The van der Waals surface area contributed by atoms with Crippen LogP contribution in [-0.2, 0) is 11.2 Å². The van der Waals surface area contributed by atoms with Gasteiger partial charge in [0.15, 0.2) is 5.16 Å². The predicted molar refractivity (Wildman–Crippen MR) is 124 cm³/mol. The number of hydrogen-bond acceptors (Lipinski definition) is 5. The van der Waals surface area contributed by atoms with E-state index in [4.69, 9.17) is 11.6 Å². The van der Waals surface area contributed by atoms with Gasteiger partial charge in [-0.3, -0.25) is 9.36 Å². The molecule has 0 unspecified atom stereocenters. The van der Waals surface area contributed by atoms with Crippen LogP contribution in [0.1, 0.15) is 16.3 Å². The lowest BCUT2D eigenvalue weighted by Gasteiger charge is -2.10. The maximum atomic E-state index is 12.4. The van der Waals surface area contributed by atoms with Gasteiger partial charge < -0.3 is 5.32 Å². The molecule has 0 aliphatic carbocycles. The first-order chi connectivity index (χ1) is 14.6. The van der Waals surface area contributed by atoms with Crippen LogP contribution >= 0.6 is 34.7 Å². The Morgan fingerprint density at radius 3 is 2.57 bits per heavy atom. The lowest BCUT2D eigenvalue weighted by Crippen LogP contribution is -2.14. The Morgan fingerprint density at radius 2 is 1.87 bits per heavy atom. The molecule has 0 spiro atoms. The van der Waals surface area contributed by atoms with E-state index in [1.807, 2.05) is 71.5 Å². The number of hydrogen-bond donors (Lipinski definition) is 1. The first kappa shape index (κ1) is 20.7. The van der Waals surface area contributed by atoms with Crippen molar-refractivity contribution < 1.29 is 4.79 Å². The second-order valence-corrected chi connectivity index (χ2v) is 9.08. The third-order valence-corrected chi connectivity index (χ3v) is 6.42. The first-order valence-electron chi connectivity index (χ1n) is 9.30. The van der Waals surface area contributed by atoms with E-state index in [9.17, 15) is 4.79 Å². The summed E-state index contributed by atoms with van der Waals surface area (Å²) in [6.07, 6.45) is 0.670. The number of anilines is 1. The molecule has 4 aromatic rings. The zero-order chi connectivity index (χ0) is 20.9. The maximum Gasteiger partial charge on any atom is 0.234 e. The van der Waals surface area contributed by atoms with E-state index in [2.05, 4.69) is 21.6 Å². The zero-order valence-corrected chi connectivity index (χ0v) is 18.6. The van der Waals surface area contributed by atoms with Crippen LogP contribution in [0, 0.1) is 6.92 Å². The average molecular weight is 455 g/mol. The van der Waals surface area contributed by atoms with Gasteiger partial charge in [-0.25, -0.2) is 0 Å². The third kappa shape index (κ3) is 5.11. The minimum atomic E-state index is -0.0886. The van der Waals surface area contributed by atoms with Crippen LogP contribution in [0.25, 0.3) is 5.69 Å². The summed E-state index contributed by atoms with van der Waals surface area (Å²) in [4.78, 5) is 13.6. The Labute approximate surface area is 188 Å². The molecule has 4 rings (SSSR count). The van der Waals surface area contributed by atoms with Crippen LogP contribution < -0.4 is 5.32 Å². The van der Waals surface area contributed by atoms with Crippen molar-refractivity contribution in [1.82, 2.24) is 14.8 Å². The molecule has 0 fully saturated rings. The van der Waals surface area contributed by atoms with Crippen LogP contribution in [0.4, 0.5) is 5.69 Å². The number of thiophene rings is 1. The molecule has 0 radical (unpaired) electrons. The van der Waals surface area contributed by atoms with E-state index in [0.29, 0.717) is 16.6 Å². The number of nitrogens with one attached hydrogen (secondary N) is 1. The molecule has 2 aromatic carbocycles. The monoisotopic (exact) mass is 454 g/mol. The Bertz CT molecular complexity index is 1120. The van der Waals surface area contributed by atoms with Crippen LogP contribution in [0.15, 0.2) is 71.2 Å². The molecule has 1 amide bonds. The number of amides is 1. The van der Waals surface area contributed by atoms with Crippen molar-refractivity contribution in [3.63, 3.8) is 0 Å². The molecule has 0 saturated carbocycles. The molecule has 5 nitrogen and oxygen atoms in total. The van der Waals surface area contributed by atoms with Crippen molar-refractivity contribution in [1.29, 1.82) is 0 Å². The van der Waals surface area contributed by atoms with Gasteiger partial charge in [0.05, 0.1) is 5.75 Å². The van der Waals surface area contributed by atoms with Gasteiger partial charge in [-0.05, 0) is 54.8 Å². The Balaban J connectivity index is 1.53. The fraction of sp³-hybridized carbons (Fsp3) is 0.136. The lowest BCUT2D eigenvalue weighted by molar-refractivity contribution is -0.113. The Hall–Kier alpha value is -2.61. The van der Waals surface area contributed by atoms with E-state index in [0.717, 1.165) is 22.8 Å². The van der Waals surface area contributed by atoms with Crippen molar-refractivity contribution >= 4 is 46.3 Å². The molecular formula is C22H19ClN4OS2. The number of nitrogens with zero attached hydrogens (tertiary/aromatic N) is 3. The predicted octanol–water partition coefficient (Wildman–Crippen LogP) is 5.61. The van der Waals surface area contributed by atoms with Crippen molar-refractivity contribution in [2.75, 3.05) is 11.1 Å². The molecule has 2 heterocycles. The van der Waals surface area contributed by atoms with Gasteiger partial charge in [-0.15, -0.1) is 21.5 Å². The molecule has 0 saturated heterocycles. The summed E-state index contributed by atoms with van der Waals surface area (Å²) in [5.74, 6) is 0.967. The van der Waals surface area contributed by atoms with Gasteiger partial charge >= 0.3 is 0 Å². The summed E-state index contributed by atoms with van der Waals surface area (Å²) in [6.45, 7) is 2.01. The summed E-state index contributed by atoms with van der Waals surface area (Å²) in [6, 6.07) is 19.4. The lowest BCUT2D eigenvalue weighted by atomic mass is 10.2. The highest BCUT2D eigenvalue weighted by Gasteiger charge is 2.17. The number of halogens is 1. The maximum absolute atomic E-state index is 12.4. The van der Waals surface area contributed by atoms with Gasteiger partial charge in [0, 0.05) is 27.7 Å². The number of aryl methyl sites for hydroxylation is 1. The number of carbonyl (C=O) groups is 1. The number of aromatic nitrogens is 3. The summed E-state index contributed by atoms with van der Waals surface area (Å²) in [7, 11) is 0. The summed E-state index contributed by atoms with van der Waals surface area (Å²) < 4.78 is 1.99. The van der Waals surface area contributed by atoms with Gasteiger partial charge in [-0.2, -0.15) is 0 Å². The zero-order valence-electron chi connectivity index (χ0n) is 16.2. The highest BCUT2D eigenvalue weighted by atomic mass is 35.5. The quantitative estimate of drug-likeness (QED) is 0.368. The summed E-state index contributed by atoms with van der Waals surface area (Å²) in [5.41, 5.74) is 2.85. The highest BCUT2D eigenvalue weighted by Crippen LogP contribution is 2.25. The van der Waals surface area contributed by atoms with Crippen molar-refractivity contribution in [2.24, 2.45) is 0 Å². The van der Waals surface area contributed by atoms with Gasteiger partial charge in [0.25, 0.3) is 0 Å². The fourth-order valence-electron chi connectivity index (χ4n) is 2.89. The van der Waals surface area contributed by atoms with E-state index < -0.39 is 0 Å². The topological polar surface area (TPSA) is 59.8 Å². The first-order valence-corrected chi connectivity index (χ1v) is 11.5. The summed E-state index contributed by atoms with van der Waals surface area (Å²) >= 11 is 9.10. The van der Waals surface area contributed by atoms with Crippen LogP contribution in [-0.4, -0.2) is 26.4 Å². The largest absolute Gasteiger partial charge is 0.325 e. The van der Waals surface area contributed by atoms with E-state index in [1.54, 1.807) is 11.3 Å². The Kier molecular flexibility index (Phi) is 6.52. The number of carbonyl (C=O) groups excluding carboxylic acids is 1. The standard InChI is InChI=1S/C22H19ClN4OS2/c1-15-4-8-17(9-5-15)24-21(28)14-30-22-26-25-20(13-19-3-2-12-29-19)27(22)18-10-6-16(23)7-11-18/h2-12H,13-14H2,1H3,(H,24,28). The molecular weight excluding hydrogens is 436 g/mol. The van der Waals surface area contributed by atoms with E-state index in [1.165, 1.54) is 16.6 Å². The molecule has 152 valence electrons. The minimum Gasteiger partial charge on any atom is -0.325 e. The van der Waals surface area contributed by atoms with Crippen molar-refractivity contribution in [3.8, 4) is 5.69 Å². The molecule has 0 atom stereocenters. The van der Waals surface area contributed by atoms with Gasteiger partial charge in [-0.1, -0.05) is 47.1 Å². The fourth-order valence-corrected chi connectivity index (χ4v) is 4.49. The number of benzene rings is 2. The molecule has 2 aromatic heterocycles.